The number of nitro groups is 1. The third-order valence-corrected chi connectivity index (χ3v) is 4.55. The van der Waals surface area contributed by atoms with Crippen LogP contribution in [0.5, 0.6) is 17.2 Å². The van der Waals surface area contributed by atoms with Crippen LogP contribution in [0.15, 0.2) is 42.0 Å². The van der Waals surface area contributed by atoms with E-state index < -0.39 is 4.92 Å². The standard InChI is InChI=1S/C25H31NO8/c1-18(2)6-10-21-24(33-16-30-4)13-20(14-25(21)34-17-31-5)8-7-19-9-11-23(32-15-29-3)22(12-19)26(27)28/h6-9,11-14H,10,15-17H2,1-5H3. The number of rotatable bonds is 14. The summed E-state index contributed by atoms with van der Waals surface area (Å²) in [6.07, 6.45) is 6.27. The molecule has 9 nitrogen and oxygen atoms in total. The minimum Gasteiger partial charge on any atom is -0.467 e. The fourth-order valence-corrected chi connectivity index (χ4v) is 2.96. The fourth-order valence-electron chi connectivity index (χ4n) is 2.96. The molecule has 0 aliphatic carbocycles. The Morgan fingerprint density at radius 3 is 1.85 bits per heavy atom. The van der Waals surface area contributed by atoms with Gasteiger partial charge in [0.2, 0.25) is 0 Å². The van der Waals surface area contributed by atoms with Crippen molar-refractivity contribution in [1.82, 2.24) is 0 Å². The zero-order chi connectivity index (χ0) is 24.9. The third-order valence-electron chi connectivity index (χ3n) is 4.55. The Labute approximate surface area is 199 Å². The quantitative estimate of drug-likeness (QED) is 0.121. The number of ether oxygens (including phenoxy) is 6. The van der Waals surface area contributed by atoms with Gasteiger partial charge in [-0.05, 0) is 49.6 Å². The zero-order valence-electron chi connectivity index (χ0n) is 20.2. The topological polar surface area (TPSA) is 98.5 Å². The summed E-state index contributed by atoms with van der Waals surface area (Å²) < 4.78 is 31.9. The first-order chi connectivity index (χ1) is 16.4. The van der Waals surface area contributed by atoms with Crippen LogP contribution in [0.4, 0.5) is 5.69 Å². The SMILES string of the molecule is COCOc1ccc(C=Cc2cc(OCOC)c(CC=C(C)C)c(OCOC)c2)cc1[N+](=O)[O-]. The Bertz CT molecular complexity index is 983. The van der Waals surface area contributed by atoms with E-state index >= 15 is 0 Å². The molecule has 0 fully saturated rings. The predicted octanol–water partition coefficient (Wildman–Crippen LogP) is 5.22. The molecular weight excluding hydrogens is 442 g/mol. The lowest BCUT2D eigenvalue weighted by molar-refractivity contribution is -0.386. The lowest BCUT2D eigenvalue weighted by Crippen LogP contribution is -2.06. The van der Waals surface area contributed by atoms with E-state index in [0.717, 1.165) is 11.1 Å². The molecule has 0 aliphatic heterocycles. The maximum absolute atomic E-state index is 11.4. The van der Waals surface area contributed by atoms with Gasteiger partial charge in [0.05, 0.1) is 4.92 Å². The Hall–Kier alpha value is -3.40. The van der Waals surface area contributed by atoms with E-state index in [0.29, 0.717) is 23.5 Å². The number of hydrogen-bond donors (Lipinski definition) is 0. The lowest BCUT2D eigenvalue weighted by Gasteiger charge is -2.16. The summed E-state index contributed by atoms with van der Waals surface area (Å²) in [4.78, 5) is 11.0. The molecule has 2 rings (SSSR count). The van der Waals surface area contributed by atoms with Gasteiger partial charge in [-0.3, -0.25) is 10.1 Å². The molecule has 0 radical (unpaired) electrons. The van der Waals surface area contributed by atoms with Crippen molar-refractivity contribution < 1.29 is 33.3 Å². The molecule has 0 aliphatic rings. The molecule has 9 heteroatoms. The van der Waals surface area contributed by atoms with Crippen LogP contribution in [0.3, 0.4) is 0 Å². The summed E-state index contributed by atoms with van der Waals surface area (Å²) >= 11 is 0. The second-order valence-corrected chi connectivity index (χ2v) is 7.45. The second-order valence-electron chi connectivity index (χ2n) is 7.45. The number of nitro benzene ring substituents is 1. The maximum Gasteiger partial charge on any atom is 0.311 e. The Morgan fingerprint density at radius 1 is 0.824 bits per heavy atom. The predicted molar refractivity (Wildman–Crippen MR) is 129 cm³/mol. The molecule has 2 aromatic carbocycles. The van der Waals surface area contributed by atoms with E-state index in [4.69, 9.17) is 28.4 Å². The maximum atomic E-state index is 11.4. The number of allylic oxidation sites excluding steroid dienone is 2. The van der Waals surface area contributed by atoms with Crippen LogP contribution in [-0.4, -0.2) is 46.6 Å². The molecule has 0 bridgehead atoms. The van der Waals surface area contributed by atoms with Crippen molar-refractivity contribution >= 4 is 17.8 Å². The summed E-state index contributed by atoms with van der Waals surface area (Å²) in [6, 6.07) is 8.44. The molecule has 2 aromatic rings. The number of methoxy groups -OCH3 is 3. The zero-order valence-corrected chi connectivity index (χ0v) is 20.2. The van der Waals surface area contributed by atoms with E-state index in [9.17, 15) is 10.1 Å². The highest BCUT2D eigenvalue weighted by molar-refractivity contribution is 5.73. The van der Waals surface area contributed by atoms with Gasteiger partial charge in [0, 0.05) is 33.0 Å². The molecular formula is C25H31NO8. The summed E-state index contributed by atoms with van der Waals surface area (Å²) in [5.74, 6) is 1.36. The van der Waals surface area contributed by atoms with Crippen molar-refractivity contribution in [2.45, 2.75) is 20.3 Å². The molecule has 0 heterocycles. The molecule has 0 saturated carbocycles. The average molecular weight is 474 g/mol. The summed E-state index contributed by atoms with van der Waals surface area (Å²) in [7, 11) is 4.55. The van der Waals surface area contributed by atoms with E-state index in [1.54, 1.807) is 32.4 Å². The first-order valence-electron chi connectivity index (χ1n) is 10.5. The van der Waals surface area contributed by atoms with Crippen LogP contribution in [0.25, 0.3) is 12.2 Å². The van der Waals surface area contributed by atoms with Gasteiger partial charge in [-0.25, -0.2) is 0 Å². The summed E-state index contributed by atoms with van der Waals surface area (Å²) in [5.41, 5.74) is 3.29. The molecule has 0 amide bonds. The molecule has 0 unspecified atom stereocenters. The lowest BCUT2D eigenvalue weighted by atomic mass is 10.0. The first-order valence-corrected chi connectivity index (χ1v) is 10.5. The van der Waals surface area contributed by atoms with Gasteiger partial charge in [0.1, 0.15) is 11.5 Å². The van der Waals surface area contributed by atoms with Crippen molar-refractivity contribution in [3.8, 4) is 17.2 Å². The van der Waals surface area contributed by atoms with Crippen LogP contribution in [-0.2, 0) is 20.6 Å². The normalized spacial score (nSPS) is 10.9. The number of benzene rings is 2. The number of nitrogens with zero attached hydrogens (tertiary/aromatic N) is 1. The monoisotopic (exact) mass is 473 g/mol. The van der Waals surface area contributed by atoms with Gasteiger partial charge in [-0.15, -0.1) is 0 Å². The van der Waals surface area contributed by atoms with Crippen molar-refractivity contribution in [2.75, 3.05) is 41.7 Å². The van der Waals surface area contributed by atoms with Crippen molar-refractivity contribution in [3.63, 3.8) is 0 Å². The van der Waals surface area contributed by atoms with Crippen LogP contribution in [0.1, 0.15) is 30.5 Å². The van der Waals surface area contributed by atoms with Crippen molar-refractivity contribution in [1.29, 1.82) is 0 Å². The van der Waals surface area contributed by atoms with Gasteiger partial charge >= 0.3 is 5.69 Å². The van der Waals surface area contributed by atoms with E-state index in [2.05, 4.69) is 6.08 Å². The Kier molecular flexibility index (Phi) is 11.0. The van der Waals surface area contributed by atoms with Crippen LogP contribution in [0.2, 0.25) is 0 Å². The first kappa shape index (κ1) is 26.8. The van der Waals surface area contributed by atoms with Crippen molar-refractivity contribution in [3.05, 3.63) is 68.8 Å². The minimum absolute atomic E-state index is 0.0772. The Balaban J connectivity index is 2.44. The third kappa shape index (κ3) is 8.18. The largest absolute Gasteiger partial charge is 0.467 e. The molecule has 34 heavy (non-hydrogen) atoms. The molecule has 0 saturated heterocycles. The molecule has 184 valence electrons. The average Bonchev–Trinajstić information content (AvgIpc) is 2.82. The van der Waals surface area contributed by atoms with Gasteiger partial charge in [0.15, 0.2) is 26.1 Å². The minimum atomic E-state index is -0.492. The molecule has 0 aromatic heterocycles. The van der Waals surface area contributed by atoms with Gasteiger partial charge in [-0.2, -0.15) is 0 Å². The van der Waals surface area contributed by atoms with Crippen LogP contribution in [0, 0.1) is 10.1 Å². The number of hydrogen-bond acceptors (Lipinski definition) is 8. The van der Waals surface area contributed by atoms with E-state index in [1.807, 2.05) is 32.1 Å². The van der Waals surface area contributed by atoms with Gasteiger partial charge in [0.25, 0.3) is 0 Å². The highest BCUT2D eigenvalue weighted by atomic mass is 16.7. The van der Waals surface area contributed by atoms with Crippen molar-refractivity contribution in [2.24, 2.45) is 0 Å². The van der Waals surface area contributed by atoms with E-state index in [-0.39, 0.29) is 31.8 Å². The van der Waals surface area contributed by atoms with Gasteiger partial charge < -0.3 is 28.4 Å². The smallest absolute Gasteiger partial charge is 0.311 e. The fraction of sp³-hybridized carbons (Fsp3) is 0.360. The van der Waals surface area contributed by atoms with E-state index in [1.165, 1.54) is 18.7 Å². The molecule has 0 N–H and O–H groups in total. The summed E-state index contributed by atoms with van der Waals surface area (Å²) in [5, 5.41) is 11.4. The highest BCUT2D eigenvalue weighted by Crippen LogP contribution is 2.34. The summed E-state index contributed by atoms with van der Waals surface area (Å²) in [6.45, 7) is 4.12. The molecule has 0 atom stereocenters. The van der Waals surface area contributed by atoms with Crippen LogP contribution >= 0.6 is 0 Å². The Morgan fingerprint density at radius 2 is 1.35 bits per heavy atom. The van der Waals surface area contributed by atoms with Gasteiger partial charge in [-0.1, -0.05) is 29.9 Å². The highest BCUT2D eigenvalue weighted by Gasteiger charge is 2.16. The second kappa shape index (κ2) is 14.0. The van der Waals surface area contributed by atoms with Crippen LogP contribution < -0.4 is 14.2 Å². The molecule has 0 spiro atoms.